The number of aliphatic hydroxyl groups is 1. The van der Waals surface area contributed by atoms with Crippen LogP contribution in [-0.4, -0.2) is 28.3 Å². The van der Waals surface area contributed by atoms with Gasteiger partial charge < -0.3 is 14.9 Å². The molecule has 0 radical (unpaired) electrons. The SMILES string of the molecule is O=C(NC1CCC(O)CC1)c1cc(-c2cccc(Cl)c2)on1. The maximum atomic E-state index is 12.2. The van der Waals surface area contributed by atoms with Crippen LogP contribution in [0.4, 0.5) is 0 Å². The zero-order chi connectivity index (χ0) is 15.5. The maximum Gasteiger partial charge on any atom is 0.273 e. The lowest BCUT2D eigenvalue weighted by Gasteiger charge is -2.25. The number of halogens is 1. The van der Waals surface area contributed by atoms with Crippen molar-refractivity contribution in [3.05, 3.63) is 41.0 Å². The standard InChI is InChI=1S/C16H17ClN2O3/c17-11-3-1-2-10(8-11)15-9-14(19-22-15)16(21)18-12-4-6-13(20)7-5-12/h1-3,8-9,12-13,20H,4-7H2,(H,18,21). The minimum Gasteiger partial charge on any atom is -0.393 e. The van der Waals surface area contributed by atoms with Crippen LogP contribution in [-0.2, 0) is 0 Å². The minimum atomic E-state index is -0.251. The molecule has 1 fully saturated rings. The Kier molecular flexibility index (Phi) is 4.45. The highest BCUT2D eigenvalue weighted by Gasteiger charge is 2.22. The molecule has 0 aliphatic heterocycles. The molecule has 3 rings (SSSR count). The van der Waals surface area contributed by atoms with Crippen molar-refractivity contribution in [3.8, 4) is 11.3 Å². The molecule has 2 N–H and O–H groups in total. The van der Waals surface area contributed by atoms with Crippen LogP contribution < -0.4 is 5.32 Å². The van der Waals surface area contributed by atoms with Crippen LogP contribution in [0.15, 0.2) is 34.9 Å². The second-order valence-corrected chi connectivity index (χ2v) is 6.00. The van der Waals surface area contributed by atoms with Crippen LogP contribution in [0.2, 0.25) is 5.02 Å². The Labute approximate surface area is 133 Å². The van der Waals surface area contributed by atoms with Crippen molar-refractivity contribution in [3.63, 3.8) is 0 Å². The van der Waals surface area contributed by atoms with Gasteiger partial charge in [-0.2, -0.15) is 0 Å². The lowest BCUT2D eigenvalue weighted by Crippen LogP contribution is -2.38. The summed E-state index contributed by atoms with van der Waals surface area (Å²) in [6, 6.07) is 8.88. The van der Waals surface area contributed by atoms with Gasteiger partial charge >= 0.3 is 0 Å². The summed E-state index contributed by atoms with van der Waals surface area (Å²) < 4.78 is 5.22. The first-order chi connectivity index (χ1) is 10.6. The molecule has 2 aromatic rings. The molecule has 0 unspecified atom stereocenters. The predicted molar refractivity (Wildman–Crippen MR) is 82.7 cm³/mol. The highest BCUT2D eigenvalue weighted by atomic mass is 35.5. The largest absolute Gasteiger partial charge is 0.393 e. The number of benzene rings is 1. The third kappa shape index (κ3) is 3.48. The van der Waals surface area contributed by atoms with Gasteiger partial charge in [0.15, 0.2) is 11.5 Å². The highest BCUT2D eigenvalue weighted by molar-refractivity contribution is 6.30. The Hall–Kier alpha value is -1.85. The van der Waals surface area contributed by atoms with Crippen LogP contribution in [0.3, 0.4) is 0 Å². The van der Waals surface area contributed by atoms with Gasteiger partial charge in [-0.15, -0.1) is 0 Å². The van der Waals surface area contributed by atoms with Gasteiger partial charge in [-0.1, -0.05) is 28.9 Å². The topological polar surface area (TPSA) is 75.4 Å². The van der Waals surface area contributed by atoms with Crippen LogP contribution in [0, 0.1) is 0 Å². The van der Waals surface area contributed by atoms with Crippen molar-refractivity contribution in [1.82, 2.24) is 10.5 Å². The normalized spacial score (nSPS) is 21.5. The molecule has 1 amide bonds. The average Bonchev–Trinajstić information content (AvgIpc) is 3.00. The van der Waals surface area contributed by atoms with Gasteiger partial charge in [-0.25, -0.2) is 0 Å². The minimum absolute atomic E-state index is 0.0854. The van der Waals surface area contributed by atoms with Crippen LogP contribution in [0.25, 0.3) is 11.3 Å². The van der Waals surface area contributed by atoms with Crippen molar-refractivity contribution in [2.75, 3.05) is 0 Å². The summed E-state index contributed by atoms with van der Waals surface area (Å²) in [5.41, 5.74) is 1.03. The highest BCUT2D eigenvalue weighted by Crippen LogP contribution is 2.24. The molecule has 1 aromatic heterocycles. The van der Waals surface area contributed by atoms with Crippen molar-refractivity contribution >= 4 is 17.5 Å². The van der Waals surface area contributed by atoms with E-state index in [-0.39, 0.29) is 23.7 Å². The molecule has 1 aromatic carbocycles. The molecule has 116 valence electrons. The number of carbonyl (C=O) groups excluding carboxylic acids is 1. The van der Waals surface area contributed by atoms with Crippen LogP contribution >= 0.6 is 11.6 Å². The van der Waals surface area contributed by atoms with Crippen molar-refractivity contribution in [2.45, 2.75) is 37.8 Å². The molecule has 1 aliphatic rings. The molecule has 5 nitrogen and oxygen atoms in total. The van der Waals surface area contributed by atoms with E-state index in [1.165, 1.54) is 0 Å². The second kappa shape index (κ2) is 6.50. The van der Waals surface area contributed by atoms with E-state index in [0.717, 1.165) is 31.2 Å². The maximum absolute atomic E-state index is 12.2. The molecule has 1 heterocycles. The summed E-state index contributed by atoms with van der Waals surface area (Å²) in [6.45, 7) is 0. The van der Waals surface area contributed by atoms with E-state index in [0.29, 0.717) is 10.8 Å². The van der Waals surface area contributed by atoms with Gasteiger partial charge in [-0.05, 0) is 37.8 Å². The van der Waals surface area contributed by atoms with Gasteiger partial charge in [0.05, 0.1) is 6.10 Å². The third-order valence-electron chi connectivity index (χ3n) is 3.88. The fourth-order valence-electron chi connectivity index (χ4n) is 2.64. The number of amides is 1. The summed E-state index contributed by atoms with van der Waals surface area (Å²) in [5.74, 6) is 0.255. The van der Waals surface area contributed by atoms with Gasteiger partial charge in [0.1, 0.15) is 0 Å². The molecule has 0 spiro atoms. The first-order valence-electron chi connectivity index (χ1n) is 7.33. The summed E-state index contributed by atoms with van der Waals surface area (Å²) >= 11 is 5.94. The molecule has 1 aliphatic carbocycles. The smallest absolute Gasteiger partial charge is 0.273 e. The third-order valence-corrected chi connectivity index (χ3v) is 4.12. The average molecular weight is 321 g/mol. The summed E-state index contributed by atoms with van der Waals surface area (Å²) in [7, 11) is 0. The lowest BCUT2D eigenvalue weighted by atomic mass is 9.93. The second-order valence-electron chi connectivity index (χ2n) is 5.57. The van der Waals surface area contributed by atoms with E-state index in [4.69, 9.17) is 16.1 Å². The van der Waals surface area contributed by atoms with Gasteiger partial charge in [-0.3, -0.25) is 4.79 Å². The molecule has 22 heavy (non-hydrogen) atoms. The number of hydrogen-bond donors (Lipinski definition) is 2. The van der Waals surface area contributed by atoms with Crippen LogP contribution in [0.5, 0.6) is 0 Å². The Balaban J connectivity index is 1.67. The number of carbonyl (C=O) groups is 1. The van der Waals surface area contributed by atoms with Gasteiger partial charge in [0, 0.05) is 22.7 Å². The van der Waals surface area contributed by atoms with Crippen molar-refractivity contribution in [1.29, 1.82) is 0 Å². The number of nitrogens with one attached hydrogen (secondary N) is 1. The Morgan fingerprint density at radius 2 is 2.05 bits per heavy atom. The number of aliphatic hydroxyl groups excluding tert-OH is 1. The predicted octanol–water partition coefficient (Wildman–Crippen LogP) is 3.03. The Bertz CT molecular complexity index is 663. The first-order valence-corrected chi connectivity index (χ1v) is 7.71. The van der Waals surface area contributed by atoms with Crippen molar-refractivity contribution < 1.29 is 14.4 Å². The lowest BCUT2D eigenvalue weighted by molar-refractivity contribution is 0.0859. The monoisotopic (exact) mass is 320 g/mol. The quantitative estimate of drug-likeness (QED) is 0.911. The van der Waals surface area contributed by atoms with Crippen molar-refractivity contribution in [2.24, 2.45) is 0 Å². The summed E-state index contributed by atoms with van der Waals surface area (Å²) in [6.07, 6.45) is 2.77. The molecule has 0 atom stereocenters. The van der Waals surface area contributed by atoms with Gasteiger partial charge in [0.25, 0.3) is 5.91 Å². The summed E-state index contributed by atoms with van der Waals surface area (Å²) in [5, 5.41) is 16.8. The molecule has 1 saturated carbocycles. The number of hydrogen-bond acceptors (Lipinski definition) is 4. The Morgan fingerprint density at radius 1 is 1.27 bits per heavy atom. The zero-order valence-corrected chi connectivity index (χ0v) is 12.7. The molecule has 0 bridgehead atoms. The first kappa shape index (κ1) is 15.1. The van der Waals surface area contributed by atoms with E-state index >= 15 is 0 Å². The van der Waals surface area contributed by atoms with E-state index in [9.17, 15) is 9.90 Å². The van der Waals surface area contributed by atoms with Gasteiger partial charge in [0.2, 0.25) is 0 Å². The Morgan fingerprint density at radius 3 is 2.77 bits per heavy atom. The van der Waals surface area contributed by atoms with E-state index in [2.05, 4.69) is 10.5 Å². The molecular formula is C16H17ClN2O3. The van der Waals surface area contributed by atoms with E-state index in [1.807, 2.05) is 12.1 Å². The fourth-order valence-corrected chi connectivity index (χ4v) is 2.83. The zero-order valence-electron chi connectivity index (χ0n) is 12.0. The molecule has 0 saturated heterocycles. The fraction of sp³-hybridized carbons (Fsp3) is 0.375. The van der Waals surface area contributed by atoms with E-state index < -0.39 is 0 Å². The summed E-state index contributed by atoms with van der Waals surface area (Å²) in [4.78, 5) is 12.2. The molecule has 6 heteroatoms. The number of aromatic nitrogens is 1. The van der Waals surface area contributed by atoms with Crippen LogP contribution in [0.1, 0.15) is 36.2 Å². The number of nitrogens with zero attached hydrogens (tertiary/aromatic N) is 1. The molecular weight excluding hydrogens is 304 g/mol. The number of rotatable bonds is 3. The van der Waals surface area contributed by atoms with E-state index in [1.54, 1.807) is 18.2 Å².